The molecule has 0 aromatic carbocycles. The number of halogens is 7. The predicted octanol–water partition coefficient (Wildman–Crippen LogP) is 4.42. The van der Waals surface area contributed by atoms with Crippen molar-refractivity contribution in [2.75, 3.05) is 13.2 Å². The van der Waals surface area contributed by atoms with E-state index < -0.39 is 76.9 Å². The third-order valence-corrected chi connectivity index (χ3v) is 8.20. The van der Waals surface area contributed by atoms with Gasteiger partial charge in [0.1, 0.15) is 0 Å². The number of carbonyl (C=O) groups is 2. The van der Waals surface area contributed by atoms with Crippen LogP contribution in [-0.4, -0.2) is 66.9 Å². The molecule has 0 aromatic rings. The fraction of sp³-hybridized carbons (Fsp3) is 0.905. The van der Waals surface area contributed by atoms with E-state index in [1.807, 2.05) is 0 Å². The molecule has 4 rings (SSSR count). The van der Waals surface area contributed by atoms with Crippen LogP contribution in [0.25, 0.3) is 0 Å². The summed E-state index contributed by atoms with van der Waals surface area (Å²) in [7, 11) is -6.56. The average molecular weight is 588 g/mol. The van der Waals surface area contributed by atoms with E-state index in [9.17, 15) is 48.7 Å². The fourth-order valence-electron chi connectivity index (χ4n) is 6.09. The monoisotopic (exact) mass is 587 g/mol. The van der Waals surface area contributed by atoms with Crippen LogP contribution in [0.15, 0.2) is 0 Å². The fourth-order valence-corrected chi connectivity index (χ4v) is 6.57. The highest BCUT2D eigenvalue weighted by atomic mass is 32.2. The lowest BCUT2D eigenvalue weighted by Crippen LogP contribution is -2.63. The molecule has 1 atom stereocenters. The van der Waals surface area contributed by atoms with Crippen molar-refractivity contribution in [3.63, 3.8) is 0 Å². The summed E-state index contributed by atoms with van der Waals surface area (Å²) in [5, 5.41) is -3.51. The summed E-state index contributed by atoms with van der Waals surface area (Å²) in [6, 6.07) is 0. The number of ether oxygens (including phenoxy) is 3. The van der Waals surface area contributed by atoms with Gasteiger partial charge in [-0.25, -0.2) is 9.59 Å². The zero-order chi connectivity index (χ0) is 28.8. The number of alkyl carbamates (subject to hydrolysis) is 1. The van der Waals surface area contributed by atoms with Crippen molar-refractivity contribution in [2.45, 2.75) is 87.0 Å². The van der Waals surface area contributed by atoms with E-state index in [0.29, 0.717) is 19.3 Å². The minimum Gasteiger partial charge on any atom is -0.461 e. The van der Waals surface area contributed by atoms with Crippen molar-refractivity contribution in [3.05, 3.63) is 0 Å². The van der Waals surface area contributed by atoms with Gasteiger partial charge < -0.3 is 19.5 Å². The van der Waals surface area contributed by atoms with Crippen molar-refractivity contribution in [2.24, 2.45) is 17.8 Å². The first-order chi connectivity index (χ1) is 17.3. The second-order valence-corrected chi connectivity index (χ2v) is 11.7. The first kappa shape index (κ1) is 30.7. The van der Waals surface area contributed by atoms with Gasteiger partial charge in [-0.15, -0.1) is 0 Å². The molecule has 4 fully saturated rings. The number of nitrogens with one attached hydrogen (secondary N) is 1. The highest BCUT2D eigenvalue weighted by Gasteiger charge is 2.69. The number of esters is 1. The molecule has 9 nitrogen and oxygen atoms in total. The van der Waals surface area contributed by atoms with E-state index in [4.69, 9.17) is 4.55 Å². The number of rotatable bonds is 11. The number of amides is 1. The largest absolute Gasteiger partial charge is 0.468 e. The van der Waals surface area contributed by atoms with E-state index in [-0.39, 0.29) is 17.8 Å². The summed E-state index contributed by atoms with van der Waals surface area (Å²) in [4.78, 5) is 25.0. The Morgan fingerprint density at radius 1 is 0.974 bits per heavy atom. The Labute approximate surface area is 213 Å². The third kappa shape index (κ3) is 5.83. The van der Waals surface area contributed by atoms with Gasteiger partial charge in [0.05, 0.1) is 13.2 Å². The maximum atomic E-state index is 14.1. The maximum absolute atomic E-state index is 14.1. The molecule has 4 aliphatic rings. The normalized spacial score (nSPS) is 29.0. The van der Waals surface area contributed by atoms with Crippen LogP contribution in [0.5, 0.6) is 0 Å². The van der Waals surface area contributed by atoms with Crippen molar-refractivity contribution in [1.29, 1.82) is 0 Å². The van der Waals surface area contributed by atoms with Crippen LogP contribution in [0.1, 0.15) is 58.3 Å². The Hall–Kier alpha value is -1.88. The first-order valence-corrected chi connectivity index (χ1v) is 13.3. The van der Waals surface area contributed by atoms with Crippen LogP contribution in [0.4, 0.5) is 35.5 Å². The SMILES string of the molecule is CCOC(=O)C(OCCCC(F)(F)C(F)(F)S(=O)(=O)O)(OC(=O)NC12CC3CC(CC(C3)C1)C2)C(F)(F)F. The van der Waals surface area contributed by atoms with E-state index in [0.717, 1.165) is 26.2 Å². The Bertz CT molecular complexity index is 984. The van der Waals surface area contributed by atoms with Crippen molar-refractivity contribution >= 4 is 22.2 Å². The highest BCUT2D eigenvalue weighted by Crippen LogP contribution is 2.55. The molecule has 0 radical (unpaired) electrons. The van der Waals surface area contributed by atoms with Gasteiger partial charge in [-0.1, -0.05) is 0 Å². The molecule has 1 unspecified atom stereocenters. The lowest BCUT2D eigenvalue weighted by atomic mass is 9.53. The molecular weight excluding hydrogens is 559 g/mol. The number of alkyl halides is 7. The summed E-state index contributed by atoms with van der Waals surface area (Å²) >= 11 is 0. The third-order valence-electron chi connectivity index (χ3n) is 7.25. The lowest BCUT2D eigenvalue weighted by molar-refractivity contribution is -0.350. The second kappa shape index (κ2) is 10.3. The van der Waals surface area contributed by atoms with Crippen molar-refractivity contribution in [1.82, 2.24) is 5.32 Å². The predicted molar refractivity (Wildman–Crippen MR) is 113 cm³/mol. The summed E-state index contributed by atoms with van der Waals surface area (Å²) < 4.78 is 139. The summed E-state index contributed by atoms with van der Waals surface area (Å²) in [6.45, 7) is -1.01. The maximum Gasteiger partial charge on any atom is 0.468 e. The molecule has 0 aromatic heterocycles. The molecule has 38 heavy (non-hydrogen) atoms. The van der Waals surface area contributed by atoms with Crippen molar-refractivity contribution < 1.29 is 67.5 Å². The molecule has 2 N–H and O–H groups in total. The quantitative estimate of drug-likeness (QED) is 0.120. The Balaban J connectivity index is 1.75. The molecule has 4 bridgehead atoms. The lowest BCUT2D eigenvalue weighted by Gasteiger charge is -2.56. The molecular formula is C21H28F7NO8S. The van der Waals surface area contributed by atoms with Gasteiger partial charge in [0.15, 0.2) is 0 Å². The van der Waals surface area contributed by atoms with Gasteiger partial charge in [-0.05, 0) is 69.6 Å². The summed E-state index contributed by atoms with van der Waals surface area (Å²) in [5.41, 5.74) is -0.846. The van der Waals surface area contributed by atoms with Gasteiger partial charge in [0, 0.05) is 12.0 Å². The zero-order valence-corrected chi connectivity index (χ0v) is 21.0. The van der Waals surface area contributed by atoms with Crippen LogP contribution in [-0.2, 0) is 29.1 Å². The molecule has 4 aliphatic carbocycles. The Morgan fingerprint density at radius 3 is 1.89 bits per heavy atom. The average Bonchev–Trinajstić information content (AvgIpc) is 2.72. The van der Waals surface area contributed by atoms with Crippen LogP contribution in [0.2, 0.25) is 0 Å². The van der Waals surface area contributed by atoms with E-state index in [1.165, 1.54) is 0 Å². The second-order valence-electron chi connectivity index (χ2n) is 10.2. The Kier molecular flexibility index (Phi) is 8.28. The van der Waals surface area contributed by atoms with E-state index in [2.05, 4.69) is 19.5 Å². The molecule has 0 aliphatic heterocycles. The van der Waals surface area contributed by atoms with Crippen LogP contribution >= 0.6 is 0 Å². The first-order valence-electron chi connectivity index (χ1n) is 11.9. The molecule has 1 amide bonds. The standard InChI is InChI=1S/C21H28F7NO8S/c1-2-35-15(30)19(20(24,25)26,36-5-3-4-18(22,23)21(27,28)38(32,33)34)37-16(31)29-17-9-12-6-13(10-17)8-14(7-12)11-17/h12-14H,2-11H2,1H3,(H,29,31)(H,32,33,34). The van der Waals surface area contributed by atoms with Gasteiger partial charge in [0.25, 0.3) is 0 Å². The highest BCUT2D eigenvalue weighted by molar-refractivity contribution is 7.87. The Morgan fingerprint density at radius 2 is 1.47 bits per heavy atom. The van der Waals surface area contributed by atoms with Crippen LogP contribution < -0.4 is 5.32 Å². The van der Waals surface area contributed by atoms with Gasteiger partial charge in [-0.2, -0.15) is 39.2 Å². The molecule has 0 heterocycles. The summed E-state index contributed by atoms with van der Waals surface area (Å²) in [5.74, 6) is -11.2. The van der Waals surface area contributed by atoms with E-state index >= 15 is 0 Å². The summed E-state index contributed by atoms with van der Waals surface area (Å²) in [6.07, 6.45) is -6.56. The smallest absolute Gasteiger partial charge is 0.461 e. The van der Waals surface area contributed by atoms with Gasteiger partial charge in [0.2, 0.25) is 0 Å². The molecule has 220 valence electrons. The minimum atomic E-state index is -6.56. The van der Waals surface area contributed by atoms with E-state index in [1.54, 1.807) is 0 Å². The molecule has 4 saturated carbocycles. The zero-order valence-electron chi connectivity index (χ0n) is 20.2. The number of hydrogen-bond donors (Lipinski definition) is 2. The van der Waals surface area contributed by atoms with Gasteiger partial charge in [-0.3, -0.25) is 4.55 Å². The van der Waals surface area contributed by atoms with Gasteiger partial charge >= 0.3 is 45.3 Å². The number of carbonyl (C=O) groups excluding carboxylic acids is 2. The minimum absolute atomic E-state index is 0.276. The van der Waals surface area contributed by atoms with Crippen LogP contribution in [0.3, 0.4) is 0 Å². The molecule has 0 spiro atoms. The molecule has 17 heteroatoms. The van der Waals surface area contributed by atoms with Crippen LogP contribution in [0, 0.1) is 17.8 Å². The molecule has 0 saturated heterocycles. The van der Waals surface area contributed by atoms with Crippen molar-refractivity contribution in [3.8, 4) is 0 Å². The topological polar surface area (TPSA) is 128 Å². The number of hydrogen-bond acceptors (Lipinski definition) is 7.